The van der Waals surface area contributed by atoms with Gasteiger partial charge in [-0.05, 0) is 41.8 Å². The molecule has 0 unspecified atom stereocenters. The van der Waals surface area contributed by atoms with Gasteiger partial charge in [-0.2, -0.15) is 0 Å². The smallest absolute Gasteiger partial charge is 0.151 e. The van der Waals surface area contributed by atoms with Gasteiger partial charge in [-0.1, -0.05) is 15.9 Å². The second-order valence-corrected chi connectivity index (χ2v) is 5.53. The Morgan fingerprint density at radius 2 is 1.80 bits per heavy atom. The first-order valence-corrected chi connectivity index (χ1v) is 6.59. The van der Waals surface area contributed by atoms with Gasteiger partial charge in [0.25, 0.3) is 0 Å². The fourth-order valence-electron chi connectivity index (χ4n) is 1.91. The van der Waals surface area contributed by atoms with Gasteiger partial charge in [0.15, 0.2) is 5.82 Å². The van der Waals surface area contributed by atoms with E-state index in [1.807, 2.05) is 6.07 Å². The van der Waals surface area contributed by atoms with E-state index in [1.54, 1.807) is 6.92 Å². The predicted octanol–water partition coefficient (Wildman–Crippen LogP) is 4.26. The molecule has 1 fully saturated rings. The van der Waals surface area contributed by atoms with E-state index in [4.69, 9.17) is 0 Å². The highest BCUT2D eigenvalue weighted by atomic mass is 79.9. The van der Waals surface area contributed by atoms with Gasteiger partial charge in [0.1, 0.15) is 0 Å². The summed E-state index contributed by atoms with van der Waals surface area (Å²) in [6.07, 6.45) is 2.31. The summed E-state index contributed by atoms with van der Waals surface area (Å²) in [5, 5.41) is 0. The largest absolute Gasteiger partial charge is 0.368 e. The molecule has 15 heavy (non-hydrogen) atoms. The molecule has 1 nitrogen and oxygen atoms in total. The third kappa shape index (κ3) is 2.07. The Bertz CT molecular complexity index is 387. The normalized spacial score (nSPS) is 16.1. The molecule has 1 aliphatic heterocycles. The van der Waals surface area contributed by atoms with Crippen molar-refractivity contribution in [1.82, 2.24) is 0 Å². The highest BCUT2D eigenvalue weighted by Crippen LogP contribution is 2.36. The van der Waals surface area contributed by atoms with Gasteiger partial charge in [-0.25, -0.2) is 4.39 Å². The van der Waals surface area contributed by atoms with Crippen molar-refractivity contribution in [3.8, 4) is 0 Å². The number of hydrogen-bond donors (Lipinski definition) is 0. The first-order valence-electron chi connectivity index (χ1n) is 5.00. The molecule has 0 saturated carbocycles. The molecule has 4 heteroatoms. The molecule has 0 aliphatic carbocycles. The molecule has 2 rings (SSSR count). The molecule has 1 saturated heterocycles. The third-order valence-electron chi connectivity index (χ3n) is 2.80. The predicted molar refractivity (Wildman–Crippen MR) is 68.0 cm³/mol. The van der Waals surface area contributed by atoms with Crippen molar-refractivity contribution in [1.29, 1.82) is 0 Å². The van der Waals surface area contributed by atoms with Gasteiger partial charge in [-0.3, -0.25) is 0 Å². The zero-order valence-electron chi connectivity index (χ0n) is 8.49. The first-order chi connectivity index (χ1) is 7.11. The Hall–Kier alpha value is -0.0900. The van der Waals surface area contributed by atoms with Crippen molar-refractivity contribution in [2.24, 2.45) is 0 Å². The van der Waals surface area contributed by atoms with Crippen LogP contribution in [0.15, 0.2) is 15.0 Å². The molecule has 0 bridgehead atoms. The fraction of sp³-hybridized carbons (Fsp3) is 0.455. The van der Waals surface area contributed by atoms with Crippen molar-refractivity contribution >= 4 is 37.5 Å². The summed E-state index contributed by atoms with van der Waals surface area (Å²) in [6.45, 7) is 3.71. The lowest BCUT2D eigenvalue weighted by atomic mass is 10.2. The molecule has 82 valence electrons. The fourth-order valence-corrected chi connectivity index (χ4v) is 3.27. The van der Waals surface area contributed by atoms with Crippen molar-refractivity contribution in [3.63, 3.8) is 0 Å². The van der Waals surface area contributed by atoms with Crippen molar-refractivity contribution in [3.05, 3.63) is 26.4 Å². The minimum atomic E-state index is -0.113. The number of halogens is 3. The lowest BCUT2D eigenvalue weighted by Gasteiger charge is -2.21. The lowest BCUT2D eigenvalue weighted by molar-refractivity contribution is 0.612. The van der Waals surface area contributed by atoms with Crippen molar-refractivity contribution in [2.45, 2.75) is 19.8 Å². The Morgan fingerprint density at radius 3 is 2.40 bits per heavy atom. The van der Waals surface area contributed by atoms with Crippen LogP contribution in [0.2, 0.25) is 0 Å². The highest BCUT2D eigenvalue weighted by molar-refractivity contribution is 9.11. The average molecular weight is 337 g/mol. The van der Waals surface area contributed by atoms with Crippen LogP contribution >= 0.6 is 31.9 Å². The summed E-state index contributed by atoms with van der Waals surface area (Å²) in [5.74, 6) is -0.113. The SMILES string of the molecule is Cc1c(Br)cc(Br)c(N2CCCC2)c1F. The topological polar surface area (TPSA) is 3.24 Å². The molecule has 1 aliphatic rings. The maximum absolute atomic E-state index is 14.1. The summed E-state index contributed by atoms with van der Waals surface area (Å²) >= 11 is 6.78. The summed E-state index contributed by atoms with van der Waals surface area (Å²) < 4.78 is 15.7. The van der Waals surface area contributed by atoms with E-state index in [1.165, 1.54) is 0 Å². The zero-order chi connectivity index (χ0) is 11.0. The average Bonchev–Trinajstić information content (AvgIpc) is 2.68. The van der Waals surface area contributed by atoms with Crippen LogP contribution in [-0.4, -0.2) is 13.1 Å². The van der Waals surface area contributed by atoms with Crippen molar-refractivity contribution in [2.75, 3.05) is 18.0 Å². The van der Waals surface area contributed by atoms with Crippen LogP contribution < -0.4 is 4.90 Å². The van der Waals surface area contributed by atoms with Gasteiger partial charge >= 0.3 is 0 Å². The van der Waals surface area contributed by atoms with E-state index >= 15 is 0 Å². The van der Waals surface area contributed by atoms with Gasteiger partial charge < -0.3 is 4.90 Å². The molecule has 0 amide bonds. The van der Waals surface area contributed by atoms with Crippen LogP contribution in [0, 0.1) is 12.7 Å². The Balaban J connectivity index is 2.50. The molecule has 1 heterocycles. The van der Waals surface area contributed by atoms with Crippen molar-refractivity contribution < 1.29 is 4.39 Å². The second-order valence-electron chi connectivity index (χ2n) is 3.82. The maximum Gasteiger partial charge on any atom is 0.151 e. The second kappa shape index (κ2) is 4.42. The minimum Gasteiger partial charge on any atom is -0.368 e. The van der Waals surface area contributed by atoms with Crippen LogP contribution in [0.25, 0.3) is 0 Å². The van der Waals surface area contributed by atoms with Crippen LogP contribution in [0.3, 0.4) is 0 Å². The standard InChI is InChI=1S/C11H12Br2FN/c1-7-8(12)6-9(13)11(10(7)14)15-4-2-3-5-15/h6H,2-5H2,1H3. The van der Waals surface area contributed by atoms with Gasteiger partial charge in [0, 0.05) is 27.6 Å². The van der Waals surface area contributed by atoms with Crippen LogP contribution in [0.4, 0.5) is 10.1 Å². The summed E-state index contributed by atoms with van der Waals surface area (Å²) in [5.41, 5.74) is 1.40. The summed E-state index contributed by atoms with van der Waals surface area (Å²) in [6, 6.07) is 1.92. The molecular formula is C11H12Br2FN. The number of nitrogens with zero attached hydrogens (tertiary/aromatic N) is 1. The van der Waals surface area contributed by atoms with Crippen LogP contribution in [0.1, 0.15) is 18.4 Å². The molecule has 1 aromatic carbocycles. The Morgan fingerprint density at radius 1 is 1.20 bits per heavy atom. The van der Waals surface area contributed by atoms with Crippen LogP contribution in [-0.2, 0) is 0 Å². The number of hydrogen-bond acceptors (Lipinski definition) is 1. The molecule has 0 N–H and O–H groups in total. The number of anilines is 1. The Kier molecular flexibility index (Phi) is 3.36. The van der Waals surface area contributed by atoms with Gasteiger partial charge in [-0.15, -0.1) is 0 Å². The van der Waals surface area contributed by atoms with E-state index in [0.29, 0.717) is 11.3 Å². The molecule has 0 aromatic heterocycles. The Labute approximate surface area is 106 Å². The first kappa shape index (κ1) is 11.4. The quantitative estimate of drug-likeness (QED) is 0.740. The van der Waals surface area contributed by atoms with E-state index < -0.39 is 0 Å². The molecule has 0 spiro atoms. The minimum absolute atomic E-state index is 0.113. The molecule has 0 atom stereocenters. The molecule has 1 aromatic rings. The zero-order valence-corrected chi connectivity index (χ0v) is 11.7. The lowest BCUT2D eigenvalue weighted by Crippen LogP contribution is -2.20. The summed E-state index contributed by atoms with van der Waals surface area (Å²) in [4.78, 5) is 2.11. The number of rotatable bonds is 1. The van der Waals surface area contributed by atoms with E-state index in [9.17, 15) is 4.39 Å². The van der Waals surface area contributed by atoms with E-state index in [-0.39, 0.29) is 5.82 Å². The molecular weight excluding hydrogens is 325 g/mol. The van der Waals surface area contributed by atoms with Gasteiger partial charge in [0.05, 0.1) is 5.69 Å². The van der Waals surface area contributed by atoms with E-state index in [2.05, 4.69) is 36.8 Å². The summed E-state index contributed by atoms with van der Waals surface area (Å²) in [7, 11) is 0. The van der Waals surface area contributed by atoms with E-state index in [0.717, 1.165) is 34.9 Å². The maximum atomic E-state index is 14.1. The van der Waals surface area contributed by atoms with Crippen LogP contribution in [0.5, 0.6) is 0 Å². The molecule has 0 radical (unpaired) electrons. The third-order valence-corrected chi connectivity index (χ3v) is 4.23. The monoisotopic (exact) mass is 335 g/mol. The highest BCUT2D eigenvalue weighted by Gasteiger charge is 2.21. The van der Waals surface area contributed by atoms with Gasteiger partial charge in [0.2, 0.25) is 0 Å². The number of benzene rings is 1.